The van der Waals surface area contributed by atoms with Crippen molar-refractivity contribution < 1.29 is 4.39 Å². The molecule has 0 aliphatic carbocycles. The van der Waals surface area contributed by atoms with Crippen molar-refractivity contribution in [2.45, 2.75) is 13.0 Å². The van der Waals surface area contributed by atoms with Gasteiger partial charge in [-0.05, 0) is 36.8 Å². The van der Waals surface area contributed by atoms with Crippen LogP contribution in [0.3, 0.4) is 0 Å². The SMILES string of the molecule is Cc1ccc(NC(C#N)c2ccc(F)cc2)cc1. The third-order valence-electron chi connectivity index (χ3n) is 2.70. The fourth-order valence-electron chi connectivity index (χ4n) is 1.66. The van der Waals surface area contributed by atoms with E-state index < -0.39 is 6.04 Å². The van der Waals surface area contributed by atoms with Crippen LogP contribution in [0.15, 0.2) is 48.5 Å². The van der Waals surface area contributed by atoms with Gasteiger partial charge in [-0.1, -0.05) is 29.8 Å². The molecule has 0 fully saturated rings. The topological polar surface area (TPSA) is 35.8 Å². The van der Waals surface area contributed by atoms with Gasteiger partial charge < -0.3 is 5.32 Å². The Labute approximate surface area is 106 Å². The number of rotatable bonds is 3. The molecule has 0 saturated carbocycles. The molecule has 0 bridgehead atoms. The molecule has 0 spiro atoms. The zero-order chi connectivity index (χ0) is 13.0. The fourth-order valence-corrected chi connectivity index (χ4v) is 1.66. The highest BCUT2D eigenvalue weighted by Crippen LogP contribution is 2.19. The average Bonchev–Trinajstić information content (AvgIpc) is 2.39. The van der Waals surface area contributed by atoms with Crippen LogP contribution in [0.2, 0.25) is 0 Å². The van der Waals surface area contributed by atoms with Crippen molar-refractivity contribution in [2.75, 3.05) is 5.32 Å². The van der Waals surface area contributed by atoms with Crippen molar-refractivity contribution >= 4 is 5.69 Å². The molecule has 0 radical (unpaired) electrons. The molecular formula is C15H13FN2. The number of benzene rings is 2. The van der Waals surface area contributed by atoms with Gasteiger partial charge in [-0.3, -0.25) is 0 Å². The smallest absolute Gasteiger partial charge is 0.140 e. The van der Waals surface area contributed by atoms with Crippen LogP contribution in [0.5, 0.6) is 0 Å². The van der Waals surface area contributed by atoms with Gasteiger partial charge in [0.15, 0.2) is 0 Å². The van der Waals surface area contributed by atoms with Gasteiger partial charge in [0.1, 0.15) is 11.9 Å². The van der Waals surface area contributed by atoms with Crippen LogP contribution in [-0.2, 0) is 0 Å². The Morgan fingerprint density at radius 1 is 1.06 bits per heavy atom. The predicted molar refractivity (Wildman–Crippen MR) is 69.6 cm³/mol. The summed E-state index contributed by atoms with van der Waals surface area (Å²) in [4.78, 5) is 0. The Hall–Kier alpha value is -2.34. The zero-order valence-electron chi connectivity index (χ0n) is 10.0. The first-order valence-corrected chi connectivity index (χ1v) is 5.67. The molecule has 0 saturated heterocycles. The van der Waals surface area contributed by atoms with Crippen LogP contribution in [-0.4, -0.2) is 0 Å². The Morgan fingerprint density at radius 2 is 1.67 bits per heavy atom. The molecule has 2 rings (SSSR count). The summed E-state index contributed by atoms with van der Waals surface area (Å²) >= 11 is 0. The van der Waals surface area contributed by atoms with Crippen LogP contribution in [0, 0.1) is 24.1 Å². The van der Waals surface area contributed by atoms with Gasteiger partial charge in [0, 0.05) is 5.69 Å². The molecule has 3 heteroatoms. The molecule has 18 heavy (non-hydrogen) atoms. The number of aryl methyl sites for hydroxylation is 1. The van der Waals surface area contributed by atoms with Crippen LogP contribution in [0.25, 0.3) is 0 Å². The van der Waals surface area contributed by atoms with Crippen molar-refractivity contribution in [3.8, 4) is 6.07 Å². The van der Waals surface area contributed by atoms with Gasteiger partial charge in [-0.25, -0.2) is 4.39 Å². The number of halogens is 1. The maximum absolute atomic E-state index is 12.8. The van der Waals surface area contributed by atoms with Crippen LogP contribution in [0.4, 0.5) is 10.1 Å². The largest absolute Gasteiger partial charge is 0.366 e. The van der Waals surface area contributed by atoms with Gasteiger partial charge in [-0.2, -0.15) is 5.26 Å². The third kappa shape index (κ3) is 2.86. The van der Waals surface area contributed by atoms with E-state index in [0.717, 1.165) is 16.8 Å². The summed E-state index contributed by atoms with van der Waals surface area (Å²) < 4.78 is 12.8. The van der Waals surface area contributed by atoms with Crippen LogP contribution in [0.1, 0.15) is 17.2 Å². The third-order valence-corrected chi connectivity index (χ3v) is 2.70. The maximum Gasteiger partial charge on any atom is 0.140 e. The van der Waals surface area contributed by atoms with E-state index >= 15 is 0 Å². The molecule has 0 aromatic heterocycles. The van der Waals surface area contributed by atoms with Crippen molar-refractivity contribution in [2.24, 2.45) is 0 Å². The zero-order valence-corrected chi connectivity index (χ0v) is 10.0. The number of hydrogen-bond acceptors (Lipinski definition) is 2. The number of nitrogens with zero attached hydrogens (tertiary/aromatic N) is 1. The lowest BCUT2D eigenvalue weighted by Crippen LogP contribution is -2.08. The van der Waals surface area contributed by atoms with E-state index in [-0.39, 0.29) is 5.82 Å². The first kappa shape index (κ1) is 12.1. The summed E-state index contributed by atoms with van der Waals surface area (Å²) in [6.07, 6.45) is 0. The van der Waals surface area contributed by atoms with Gasteiger partial charge >= 0.3 is 0 Å². The van der Waals surface area contributed by atoms with Crippen molar-refractivity contribution in [3.63, 3.8) is 0 Å². The van der Waals surface area contributed by atoms with Gasteiger partial charge in [0.2, 0.25) is 0 Å². The first-order chi connectivity index (χ1) is 8.69. The molecule has 0 aliphatic heterocycles. The summed E-state index contributed by atoms with van der Waals surface area (Å²) in [6, 6.07) is 15.4. The Bertz CT molecular complexity index is 553. The van der Waals surface area contributed by atoms with Crippen molar-refractivity contribution in [1.29, 1.82) is 5.26 Å². The van der Waals surface area contributed by atoms with E-state index in [1.165, 1.54) is 12.1 Å². The van der Waals surface area contributed by atoms with Gasteiger partial charge in [-0.15, -0.1) is 0 Å². The summed E-state index contributed by atoms with van der Waals surface area (Å²) in [5.41, 5.74) is 2.78. The number of nitriles is 1. The molecule has 1 unspecified atom stereocenters. The fraction of sp³-hybridized carbons (Fsp3) is 0.133. The lowest BCUT2D eigenvalue weighted by Gasteiger charge is -2.13. The van der Waals surface area contributed by atoms with Crippen molar-refractivity contribution in [3.05, 3.63) is 65.5 Å². The summed E-state index contributed by atoms with van der Waals surface area (Å²) in [5, 5.41) is 12.3. The Morgan fingerprint density at radius 3 is 2.22 bits per heavy atom. The molecule has 1 N–H and O–H groups in total. The summed E-state index contributed by atoms with van der Waals surface area (Å²) in [7, 11) is 0. The Balaban J connectivity index is 2.17. The average molecular weight is 240 g/mol. The van der Waals surface area contributed by atoms with E-state index in [4.69, 9.17) is 5.26 Å². The highest BCUT2D eigenvalue weighted by atomic mass is 19.1. The predicted octanol–water partition coefficient (Wildman–Crippen LogP) is 3.81. The van der Waals surface area contributed by atoms with Crippen LogP contribution >= 0.6 is 0 Å². The van der Waals surface area contributed by atoms with E-state index in [1.54, 1.807) is 12.1 Å². The minimum atomic E-state index is -0.478. The highest BCUT2D eigenvalue weighted by Gasteiger charge is 2.09. The standard InChI is InChI=1S/C15H13FN2/c1-11-2-8-14(9-3-11)18-15(10-17)12-4-6-13(16)7-5-12/h2-9,15,18H,1H3. The molecular weight excluding hydrogens is 227 g/mol. The number of nitrogens with one attached hydrogen (secondary N) is 1. The quantitative estimate of drug-likeness (QED) is 0.885. The van der Waals surface area contributed by atoms with E-state index in [2.05, 4.69) is 11.4 Å². The lowest BCUT2D eigenvalue weighted by atomic mass is 10.1. The monoisotopic (exact) mass is 240 g/mol. The molecule has 0 amide bonds. The van der Waals surface area contributed by atoms with E-state index in [1.807, 2.05) is 31.2 Å². The Kier molecular flexibility index (Phi) is 3.59. The van der Waals surface area contributed by atoms with Crippen LogP contribution < -0.4 is 5.32 Å². The molecule has 90 valence electrons. The minimum absolute atomic E-state index is 0.300. The van der Waals surface area contributed by atoms with Gasteiger partial charge in [0.25, 0.3) is 0 Å². The summed E-state index contributed by atoms with van der Waals surface area (Å²) in [5.74, 6) is -0.300. The first-order valence-electron chi connectivity index (χ1n) is 5.67. The lowest BCUT2D eigenvalue weighted by molar-refractivity contribution is 0.627. The number of anilines is 1. The van der Waals surface area contributed by atoms with Crippen molar-refractivity contribution in [1.82, 2.24) is 0 Å². The number of hydrogen-bond donors (Lipinski definition) is 1. The second kappa shape index (κ2) is 5.33. The molecule has 2 aromatic carbocycles. The van der Waals surface area contributed by atoms with Gasteiger partial charge in [0.05, 0.1) is 6.07 Å². The second-order valence-corrected chi connectivity index (χ2v) is 4.12. The summed E-state index contributed by atoms with van der Waals surface area (Å²) in [6.45, 7) is 2.01. The molecule has 1 atom stereocenters. The van der Waals surface area contributed by atoms with E-state index in [0.29, 0.717) is 0 Å². The molecule has 0 heterocycles. The highest BCUT2D eigenvalue weighted by molar-refractivity contribution is 5.48. The minimum Gasteiger partial charge on any atom is -0.366 e. The van der Waals surface area contributed by atoms with E-state index in [9.17, 15) is 4.39 Å². The molecule has 2 nitrogen and oxygen atoms in total. The molecule has 0 aliphatic rings. The second-order valence-electron chi connectivity index (χ2n) is 4.12. The normalized spacial score (nSPS) is 11.6. The maximum atomic E-state index is 12.8. The molecule has 2 aromatic rings.